The Hall–Kier alpha value is -3.15. The summed E-state index contributed by atoms with van der Waals surface area (Å²) < 4.78 is 15.7. The molecule has 0 radical (unpaired) electrons. The monoisotopic (exact) mass is 314 g/mol. The molecule has 3 rings (SSSR count). The van der Waals surface area contributed by atoms with Gasteiger partial charge in [0.2, 0.25) is 11.2 Å². The van der Waals surface area contributed by atoms with Gasteiger partial charge in [0, 0.05) is 0 Å². The summed E-state index contributed by atoms with van der Waals surface area (Å²) in [4.78, 5) is 12.6. The third kappa shape index (κ3) is 2.34. The van der Waals surface area contributed by atoms with E-state index in [1.54, 1.807) is 18.2 Å². The number of methoxy groups -OCH3 is 2. The molecule has 0 atom stereocenters. The highest BCUT2D eigenvalue weighted by Gasteiger charge is 2.15. The molecule has 0 unspecified atom stereocenters. The Morgan fingerprint density at radius 3 is 2.43 bits per heavy atom. The van der Waals surface area contributed by atoms with Gasteiger partial charge in [-0.2, -0.15) is 0 Å². The first-order valence-corrected chi connectivity index (χ1v) is 6.75. The van der Waals surface area contributed by atoms with Crippen molar-refractivity contribution in [1.29, 1.82) is 0 Å². The van der Waals surface area contributed by atoms with E-state index in [4.69, 9.17) is 13.9 Å². The predicted octanol–water partition coefficient (Wildman–Crippen LogP) is 2.89. The van der Waals surface area contributed by atoms with Gasteiger partial charge in [0.15, 0.2) is 22.8 Å². The number of fused-ring (bicyclic) bond motifs is 1. The lowest BCUT2D eigenvalue weighted by molar-refractivity contribution is 0.355. The summed E-state index contributed by atoms with van der Waals surface area (Å²) in [7, 11) is 3.03. The second-order valence-electron chi connectivity index (χ2n) is 4.86. The highest BCUT2D eigenvalue weighted by Crippen LogP contribution is 2.35. The van der Waals surface area contributed by atoms with Crippen LogP contribution < -0.4 is 14.9 Å². The van der Waals surface area contributed by atoms with Gasteiger partial charge in [0.05, 0.1) is 25.2 Å². The molecule has 0 amide bonds. The van der Waals surface area contributed by atoms with Crippen molar-refractivity contribution >= 4 is 11.0 Å². The molecule has 0 aliphatic rings. The fourth-order valence-corrected chi connectivity index (χ4v) is 2.38. The lowest BCUT2D eigenvalue weighted by Crippen LogP contribution is -2.05. The van der Waals surface area contributed by atoms with Crippen LogP contribution in [0.4, 0.5) is 0 Å². The second kappa shape index (κ2) is 5.57. The Labute approximate surface area is 131 Å². The molecule has 1 heterocycles. The summed E-state index contributed by atoms with van der Waals surface area (Å²) in [5.41, 5.74) is 0.516. The molecule has 118 valence electrons. The Bertz CT molecular complexity index is 942. The van der Waals surface area contributed by atoms with Gasteiger partial charge in [0.25, 0.3) is 0 Å². The molecule has 0 saturated carbocycles. The third-order valence-corrected chi connectivity index (χ3v) is 3.59. The van der Waals surface area contributed by atoms with E-state index in [0.29, 0.717) is 22.6 Å². The first kappa shape index (κ1) is 14.8. The molecule has 6 nitrogen and oxygen atoms in total. The maximum atomic E-state index is 12.6. The largest absolute Gasteiger partial charge is 0.504 e. The number of benzene rings is 2. The molecular formula is C17H14O6. The number of hydrogen-bond acceptors (Lipinski definition) is 6. The van der Waals surface area contributed by atoms with Crippen molar-refractivity contribution in [3.8, 4) is 34.1 Å². The topological polar surface area (TPSA) is 89.1 Å². The van der Waals surface area contributed by atoms with Crippen LogP contribution >= 0.6 is 0 Å². The standard InChI is InChI=1S/C17H14O6/c1-21-13-6-3-9(7-14(13)22-2)11-8-23-17-10(15(11)19)4-5-12(18)16(17)20/h3-8,18,20H,1-2H3. The van der Waals surface area contributed by atoms with Crippen LogP contribution in [0, 0.1) is 0 Å². The van der Waals surface area contributed by atoms with Crippen molar-refractivity contribution in [3.05, 3.63) is 46.8 Å². The van der Waals surface area contributed by atoms with Gasteiger partial charge in [-0.15, -0.1) is 0 Å². The second-order valence-corrected chi connectivity index (χ2v) is 4.86. The molecule has 0 aliphatic carbocycles. The van der Waals surface area contributed by atoms with Gasteiger partial charge >= 0.3 is 0 Å². The normalized spacial score (nSPS) is 10.7. The highest BCUT2D eigenvalue weighted by atomic mass is 16.5. The molecule has 2 aromatic carbocycles. The fraction of sp³-hybridized carbons (Fsp3) is 0.118. The number of hydrogen-bond donors (Lipinski definition) is 2. The molecule has 6 heteroatoms. The Balaban J connectivity index is 2.24. The van der Waals surface area contributed by atoms with Gasteiger partial charge in [-0.1, -0.05) is 6.07 Å². The van der Waals surface area contributed by atoms with E-state index in [9.17, 15) is 15.0 Å². The minimum absolute atomic E-state index is 0.0563. The average molecular weight is 314 g/mol. The summed E-state index contributed by atoms with van der Waals surface area (Å²) >= 11 is 0. The van der Waals surface area contributed by atoms with Crippen molar-refractivity contribution in [3.63, 3.8) is 0 Å². The number of ether oxygens (including phenoxy) is 2. The number of aromatic hydroxyl groups is 2. The molecule has 0 spiro atoms. The number of phenols is 2. The van der Waals surface area contributed by atoms with Crippen LogP contribution in [-0.4, -0.2) is 24.4 Å². The maximum Gasteiger partial charge on any atom is 0.201 e. The minimum atomic E-state index is -0.460. The van der Waals surface area contributed by atoms with E-state index in [1.807, 2.05) is 0 Å². The Kier molecular flexibility index (Phi) is 3.57. The Morgan fingerprint density at radius 1 is 1.00 bits per heavy atom. The molecule has 2 N–H and O–H groups in total. The van der Waals surface area contributed by atoms with Crippen LogP contribution in [0.25, 0.3) is 22.1 Å². The third-order valence-electron chi connectivity index (χ3n) is 3.59. The fourth-order valence-electron chi connectivity index (χ4n) is 2.38. The van der Waals surface area contributed by atoms with Gasteiger partial charge in [-0.05, 0) is 29.8 Å². The van der Waals surface area contributed by atoms with Gasteiger partial charge in [-0.3, -0.25) is 4.79 Å². The number of rotatable bonds is 3. The van der Waals surface area contributed by atoms with Crippen LogP contribution in [0.2, 0.25) is 0 Å². The summed E-state index contributed by atoms with van der Waals surface area (Å²) in [5.74, 6) is 0.222. The van der Waals surface area contributed by atoms with Crippen LogP contribution in [0.5, 0.6) is 23.0 Å². The summed E-state index contributed by atoms with van der Waals surface area (Å²) in [6.07, 6.45) is 1.24. The van der Waals surface area contributed by atoms with Crippen molar-refractivity contribution < 1.29 is 24.1 Å². The quantitative estimate of drug-likeness (QED) is 0.723. The zero-order valence-corrected chi connectivity index (χ0v) is 12.5. The number of phenolic OH excluding ortho intramolecular Hbond substituents is 2. The molecule has 0 bridgehead atoms. The van der Waals surface area contributed by atoms with E-state index in [2.05, 4.69) is 0 Å². The van der Waals surface area contributed by atoms with Gasteiger partial charge in [-0.25, -0.2) is 0 Å². The summed E-state index contributed by atoms with van der Waals surface area (Å²) in [6.45, 7) is 0. The molecule has 0 saturated heterocycles. The average Bonchev–Trinajstić information content (AvgIpc) is 2.58. The lowest BCUT2D eigenvalue weighted by Gasteiger charge is -2.10. The lowest BCUT2D eigenvalue weighted by atomic mass is 10.0. The molecule has 3 aromatic rings. The molecule has 0 fully saturated rings. The van der Waals surface area contributed by atoms with Crippen LogP contribution in [-0.2, 0) is 0 Å². The van der Waals surface area contributed by atoms with Crippen molar-refractivity contribution in [2.75, 3.05) is 14.2 Å². The first-order valence-electron chi connectivity index (χ1n) is 6.75. The summed E-state index contributed by atoms with van der Waals surface area (Å²) in [6, 6.07) is 7.70. The molecular weight excluding hydrogens is 300 g/mol. The summed E-state index contributed by atoms with van der Waals surface area (Å²) in [5, 5.41) is 19.4. The predicted molar refractivity (Wildman–Crippen MR) is 84.4 cm³/mol. The highest BCUT2D eigenvalue weighted by molar-refractivity contribution is 5.87. The SMILES string of the molecule is COc1ccc(-c2coc3c(O)c(O)ccc3c2=O)cc1OC. The Morgan fingerprint density at radius 2 is 1.74 bits per heavy atom. The maximum absolute atomic E-state index is 12.6. The smallest absolute Gasteiger partial charge is 0.201 e. The molecule has 0 aliphatic heterocycles. The molecule has 1 aromatic heterocycles. The van der Waals surface area contributed by atoms with E-state index >= 15 is 0 Å². The van der Waals surface area contributed by atoms with Crippen molar-refractivity contribution in [2.45, 2.75) is 0 Å². The van der Waals surface area contributed by atoms with Gasteiger partial charge in [0.1, 0.15) is 6.26 Å². The first-order chi connectivity index (χ1) is 11.1. The van der Waals surface area contributed by atoms with Gasteiger partial charge < -0.3 is 24.1 Å². The van der Waals surface area contributed by atoms with Crippen molar-refractivity contribution in [2.24, 2.45) is 0 Å². The van der Waals surface area contributed by atoms with E-state index in [-0.39, 0.29) is 22.1 Å². The zero-order valence-electron chi connectivity index (χ0n) is 12.5. The van der Waals surface area contributed by atoms with Crippen LogP contribution in [0.3, 0.4) is 0 Å². The minimum Gasteiger partial charge on any atom is -0.504 e. The van der Waals surface area contributed by atoms with Crippen LogP contribution in [0.15, 0.2) is 45.8 Å². The van der Waals surface area contributed by atoms with E-state index < -0.39 is 5.75 Å². The zero-order chi connectivity index (χ0) is 16.6. The van der Waals surface area contributed by atoms with Crippen molar-refractivity contribution in [1.82, 2.24) is 0 Å². The molecule has 23 heavy (non-hydrogen) atoms. The van der Waals surface area contributed by atoms with E-state index in [0.717, 1.165) is 0 Å². The van der Waals surface area contributed by atoms with Crippen LogP contribution in [0.1, 0.15) is 0 Å². The van der Waals surface area contributed by atoms with E-state index in [1.165, 1.54) is 32.6 Å².